The lowest BCUT2D eigenvalue weighted by Crippen LogP contribution is -2.23. The SMILES string of the molecule is Cc1ccc(C(=O)CCC(=O)NCc2csc(C)c2C)cc1. The molecule has 0 fully saturated rings. The lowest BCUT2D eigenvalue weighted by atomic mass is 10.0. The summed E-state index contributed by atoms with van der Waals surface area (Å²) in [5.41, 5.74) is 4.18. The highest BCUT2D eigenvalue weighted by Gasteiger charge is 2.10. The molecule has 1 aromatic carbocycles. The molecule has 0 aliphatic heterocycles. The number of benzene rings is 1. The monoisotopic (exact) mass is 315 g/mol. The van der Waals surface area contributed by atoms with Gasteiger partial charge in [-0.3, -0.25) is 9.59 Å². The first kappa shape index (κ1) is 16.4. The Labute approximate surface area is 135 Å². The molecular weight excluding hydrogens is 294 g/mol. The van der Waals surface area contributed by atoms with Crippen LogP contribution in [0.3, 0.4) is 0 Å². The Bertz CT molecular complexity index is 671. The van der Waals surface area contributed by atoms with Crippen LogP contribution in [0, 0.1) is 20.8 Å². The van der Waals surface area contributed by atoms with Gasteiger partial charge in [-0.05, 0) is 37.3 Å². The molecule has 4 heteroatoms. The lowest BCUT2D eigenvalue weighted by Gasteiger charge is -2.05. The van der Waals surface area contributed by atoms with Gasteiger partial charge in [-0.1, -0.05) is 29.8 Å². The van der Waals surface area contributed by atoms with Crippen molar-refractivity contribution in [1.29, 1.82) is 0 Å². The number of ketones is 1. The third-order valence-corrected chi connectivity index (χ3v) is 4.88. The predicted molar refractivity (Wildman–Crippen MR) is 90.4 cm³/mol. The molecule has 0 aliphatic carbocycles. The number of thiophene rings is 1. The summed E-state index contributed by atoms with van der Waals surface area (Å²) in [6.45, 7) is 6.66. The van der Waals surface area contributed by atoms with E-state index in [1.165, 1.54) is 10.4 Å². The van der Waals surface area contributed by atoms with Crippen LogP contribution in [0.1, 0.15) is 44.8 Å². The summed E-state index contributed by atoms with van der Waals surface area (Å²) in [6.07, 6.45) is 0.478. The van der Waals surface area contributed by atoms with Crippen molar-refractivity contribution in [3.05, 3.63) is 56.8 Å². The van der Waals surface area contributed by atoms with E-state index in [2.05, 4.69) is 24.5 Å². The van der Waals surface area contributed by atoms with Crippen LogP contribution < -0.4 is 5.32 Å². The largest absolute Gasteiger partial charge is 0.352 e. The topological polar surface area (TPSA) is 46.2 Å². The Kier molecular flexibility index (Phi) is 5.50. The van der Waals surface area contributed by atoms with Gasteiger partial charge >= 0.3 is 0 Å². The molecule has 0 spiro atoms. The van der Waals surface area contributed by atoms with Crippen LogP contribution in [0.2, 0.25) is 0 Å². The summed E-state index contributed by atoms with van der Waals surface area (Å²) in [5, 5.41) is 4.96. The second kappa shape index (κ2) is 7.36. The van der Waals surface area contributed by atoms with Gasteiger partial charge in [-0.15, -0.1) is 11.3 Å². The Balaban J connectivity index is 1.79. The van der Waals surface area contributed by atoms with Gasteiger partial charge in [-0.2, -0.15) is 0 Å². The molecule has 3 nitrogen and oxygen atoms in total. The van der Waals surface area contributed by atoms with Crippen LogP contribution in [0.15, 0.2) is 29.6 Å². The highest BCUT2D eigenvalue weighted by molar-refractivity contribution is 7.10. The Morgan fingerprint density at radius 3 is 2.32 bits per heavy atom. The maximum atomic E-state index is 12.0. The fourth-order valence-corrected chi connectivity index (χ4v) is 3.02. The third kappa shape index (κ3) is 4.28. The lowest BCUT2D eigenvalue weighted by molar-refractivity contribution is -0.121. The van der Waals surface area contributed by atoms with Gasteiger partial charge < -0.3 is 5.32 Å². The van der Waals surface area contributed by atoms with Crippen molar-refractivity contribution >= 4 is 23.0 Å². The van der Waals surface area contributed by atoms with E-state index in [4.69, 9.17) is 0 Å². The van der Waals surface area contributed by atoms with E-state index in [1.807, 2.05) is 31.2 Å². The number of hydrogen-bond donors (Lipinski definition) is 1. The fourth-order valence-electron chi connectivity index (χ4n) is 2.13. The van der Waals surface area contributed by atoms with Gasteiger partial charge in [0, 0.05) is 29.8 Å². The zero-order valence-electron chi connectivity index (χ0n) is 13.2. The molecule has 0 radical (unpaired) electrons. The quantitative estimate of drug-likeness (QED) is 0.820. The van der Waals surface area contributed by atoms with Crippen molar-refractivity contribution in [2.24, 2.45) is 0 Å². The molecule has 0 saturated heterocycles. The number of nitrogens with one attached hydrogen (secondary N) is 1. The van der Waals surface area contributed by atoms with Gasteiger partial charge in [0.1, 0.15) is 0 Å². The maximum absolute atomic E-state index is 12.0. The smallest absolute Gasteiger partial charge is 0.220 e. The summed E-state index contributed by atoms with van der Waals surface area (Å²) in [5.74, 6) is -0.0681. The zero-order chi connectivity index (χ0) is 16.1. The highest BCUT2D eigenvalue weighted by atomic mass is 32.1. The minimum Gasteiger partial charge on any atom is -0.352 e. The number of carbonyl (C=O) groups excluding carboxylic acids is 2. The average molecular weight is 315 g/mol. The Hall–Kier alpha value is -1.94. The fraction of sp³-hybridized carbons (Fsp3) is 0.333. The molecule has 116 valence electrons. The van der Waals surface area contributed by atoms with E-state index < -0.39 is 0 Å². The normalized spacial score (nSPS) is 10.5. The van der Waals surface area contributed by atoms with Crippen molar-refractivity contribution in [3.63, 3.8) is 0 Å². The number of aryl methyl sites for hydroxylation is 2. The number of rotatable bonds is 6. The van der Waals surface area contributed by atoms with Crippen LogP contribution in [0.4, 0.5) is 0 Å². The number of hydrogen-bond acceptors (Lipinski definition) is 3. The molecule has 2 aromatic rings. The molecule has 0 saturated carbocycles. The van der Waals surface area contributed by atoms with E-state index in [1.54, 1.807) is 11.3 Å². The molecule has 1 aromatic heterocycles. The molecule has 2 rings (SSSR count). The van der Waals surface area contributed by atoms with Gasteiger partial charge in [0.05, 0.1) is 0 Å². The van der Waals surface area contributed by atoms with Gasteiger partial charge in [0.2, 0.25) is 5.91 Å². The van der Waals surface area contributed by atoms with E-state index in [9.17, 15) is 9.59 Å². The molecule has 22 heavy (non-hydrogen) atoms. The van der Waals surface area contributed by atoms with Gasteiger partial charge in [0.15, 0.2) is 5.78 Å². The molecule has 0 bridgehead atoms. The first-order valence-electron chi connectivity index (χ1n) is 7.37. The van der Waals surface area contributed by atoms with Crippen LogP contribution in [-0.4, -0.2) is 11.7 Å². The maximum Gasteiger partial charge on any atom is 0.220 e. The van der Waals surface area contributed by atoms with Crippen LogP contribution in [0.25, 0.3) is 0 Å². The predicted octanol–water partition coefficient (Wildman–Crippen LogP) is 3.95. The Morgan fingerprint density at radius 2 is 1.73 bits per heavy atom. The summed E-state index contributed by atoms with van der Waals surface area (Å²) in [4.78, 5) is 25.2. The minimum atomic E-state index is -0.0799. The molecular formula is C18H21NO2S. The molecule has 0 aliphatic rings. The van der Waals surface area contributed by atoms with Crippen molar-refractivity contribution in [1.82, 2.24) is 5.32 Å². The van der Waals surface area contributed by atoms with Crippen molar-refractivity contribution in [2.75, 3.05) is 0 Å². The summed E-state index contributed by atoms with van der Waals surface area (Å²) < 4.78 is 0. The molecule has 1 amide bonds. The van der Waals surface area contributed by atoms with E-state index >= 15 is 0 Å². The molecule has 1 heterocycles. The average Bonchev–Trinajstić information content (AvgIpc) is 2.83. The summed E-state index contributed by atoms with van der Waals surface area (Å²) in [7, 11) is 0. The highest BCUT2D eigenvalue weighted by Crippen LogP contribution is 2.20. The van der Waals surface area contributed by atoms with Gasteiger partial charge in [0.25, 0.3) is 0 Å². The molecule has 1 N–H and O–H groups in total. The van der Waals surface area contributed by atoms with Crippen molar-refractivity contribution < 1.29 is 9.59 Å². The molecule has 0 unspecified atom stereocenters. The summed E-state index contributed by atoms with van der Waals surface area (Å²) >= 11 is 1.69. The Morgan fingerprint density at radius 1 is 1.05 bits per heavy atom. The number of amides is 1. The third-order valence-electron chi connectivity index (χ3n) is 3.82. The first-order chi connectivity index (χ1) is 10.5. The van der Waals surface area contributed by atoms with E-state index in [0.29, 0.717) is 12.1 Å². The standard InChI is InChI=1S/C18H21NO2S/c1-12-4-6-15(7-5-12)17(20)8-9-18(21)19-10-16-11-22-14(3)13(16)2/h4-7,11H,8-10H2,1-3H3,(H,19,21). The van der Waals surface area contributed by atoms with Crippen LogP contribution in [-0.2, 0) is 11.3 Å². The second-order valence-electron chi connectivity index (χ2n) is 5.51. The van der Waals surface area contributed by atoms with E-state index in [-0.39, 0.29) is 24.5 Å². The van der Waals surface area contributed by atoms with Crippen molar-refractivity contribution in [2.45, 2.75) is 40.2 Å². The van der Waals surface area contributed by atoms with Crippen LogP contribution >= 0.6 is 11.3 Å². The number of Topliss-reactive ketones (excluding diaryl/α,β-unsaturated/α-hetero) is 1. The number of carbonyl (C=O) groups is 2. The van der Waals surface area contributed by atoms with E-state index in [0.717, 1.165) is 11.1 Å². The zero-order valence-corrected chi connectivity index (χ0v) is 14.0. The summed E-state index contributed by atoms with van der Waals surface area (Å²) in [6, 6.07) is 7.45. The first-order valence-corrected chi connectivity index (χ1v) is 8.25. The van der Waals surface area contributed by atoms with Crippen molar-refractivity contribution in [3.8, 4) is 0 Å². The minimum absolute atomic E-state index is 0.0118. The van der Waals surface area contributed by atoms with Crippen LogP contribution in [0.5, 0.6) is 0 Å². The van der Waals surface area contributed by atoms with Gasteiger partial charge in [-0.25, -0.2) is 0 Å². The molecule has 0 atom stereocenters. The second-order valence-corrected chi connectivity index (χ2v) is 6.59.